The van der Waals surface area contributed by atoms with Crippen LogP contribution in [0.1, 0.15) is 23.7 Å². The van der Waals surface area contributed by atoms with E-state index in [1.54, 1.807) is 17.4 Å². The minimum atomic E-state index is -0.0180. The van der Waals surface area contributed by atoms with Crippen molar-refractivity contribution in [3.8, 4) is 11.1 Å². The van der Waals surface area contributed by atoms with Gasteiger partial charge in [0.25, 0.3) is 5.56 Å². The van der Waals surface area contributed by atoms with Gasteiger partial charge in [-0.2, -0.15) is 0 Å². The van der Waals surface area contributed by atoms with Gasteiger partial charge in [-0.05, 0) is 29.5 Å². The number of aromatic nitrogens is 2. The average molecular weight is 379 g/mol. The molecule has 0 spiro atoms. The lowest BCUT2D eigenvalue weighted by Gasteiger charge is -2.42. The Kier molecular flexibility index (Phi) is 4.10. The normalized spacial score (nSPS) is 21.1. The maximum absolute atomic E-state index is 12.8. The first kappa shape index (κ1) is 16.7. The highest BCUT2D eigenvalue weighted by atomic mass is 32.1. The molecule has 1 fully saturated rings. The number of nitrogens with zero attached hydrogens (tertiary/aromatic N) is 3. The number of thiazole rings is 1. The van der Waals surface area contributed by atoms with Gasteiger partial charge in [-0.3, -0.25) is 4.79 Å². The van der Waals surface area contributed by atoms with Gasteiger partial charge in [0.2, 0.25) is 0 Å². The van der Waals surface area contributed by atoms with Gasteiger partial charge in [0.05, 0.1) is 12.3 Å². The van der Waals surface area contributed by atoms with Crippen LogP contribution in [-0.2, 0) is 13.2 Å². The number of pyridine rings is 1. The maximum Gasteiger partial charge on any atom is 0.251 e. The van der Waals surface area contributed by atoms with Gasteiger partial charge in [0.1, 0.15) is 0 Å². The quantitative estimate of drug-likeness (QED) is 0.760. The molecular formula is C21H21N3O2S. The Morgan fingerprint density at radius 1 is 1.11 bits per heavy atom. The van der Waals surface area contributed by atoms with Gasteiger partial charge in [0, 0.05) is 42.7 Å². The van der Waals surface area contributed by atoms with E-state index in [1.165, 1.54) is 0 Å². The maximum atomic E-state index is 12.8. The molecule has 0 saturated carbocycles. The fraction of sp³-hybridized carbons (Fsp3) is 0.333. The van der Waals surface area contributed by atoms with E-state index in [4.69, 9.17) is 0 Å². The molecule has 2 atom stereocenters. The van der Waals surface area contributed by atoms with Crippen LogP contribution in [-0.4, -0.2) is 27.7 Å². The summed E-state index contributed by atoms with van der Waals surface area (Å²) < 4.78 is 1.98. The van der Waals surface area contributed by atoms with Crippen molar-refractivity contribution >= 4 is 16.5 Å². The van der Waals surface area contributed by atoms with Crippen LogP contribution in [0.5, 0.6) is 0 Å². The van der Waals surface area contributed by atoms with E-state index in [2.05, 4.69) is 28.1 Å². The molecule has 2 aliphatic heterocycles. The molecule has 1 N–H and O–H groups in total. The summed E-state index contributed by atoms with van der Waals surface area (Å²) in [6.07, 6.45) is 1.12. The van der Waals surface area contributed by atoms with Gasteiger partial charge in [-0.1, -0.05) is 30.3 Å². The van der Waals surface area contributed by atoms with E-state index in [-0.39, 0.29) is 12.2 Å². The number of rotatable bonds is 3. The molecule has 0 radical (unpaired) electrons. The van der Waals surface area contributed by atoms with Crippen LogP contribution in [0.25, 0.3) is 11.1 Å². The molecule has 138 valence electrons. The van der Waals surface area contributed by atoms with Crippen molar-refractivity contribution < 1.29 is 5.11 Å². The van der Waals surface area contributed by atoms with Crippen LogP contribution in [0.3, 0.4) is 0 Å². The van der Waals surface area contributed by atoms with Crippen LogP contribution >= 0.6 is 11.3 Å². The highest BCUT2D eigenvalue weighted by Crippen LogP contribution is 2.38. The second-order valence-electron chi connectivity index (χ2n) is 7.47. The number of aliphatic hydroxyl groups excluding tert-OH is 1. The second kappa shape index (κ2) is 6.62. The SMILES string of the molecule is O=c1cc(-c2ccccc2)cc2n1C[C@H]1C[C@@H]2CN(c2nc(CO)cs2)C1. The van der Waals surface area contributed by atoms with E-state index in [9.17, 15) is 9.90 Å². The van der Waals surface area contributed by atoms with Crippen LogP contribution in [0.2, 0.25) is 0 Å². The zero-order chi connectivity index (χ0) is 18.4. The Hall–Kier alpha value is -2.44. The fourth-order valence-electron chi connectivity index (χ4n) is 4.43. The Morgan fingerprint density at radius 2 is 1.96 bits per heavy atom. The lowest BCUT2D eigenvalue weighted by Crippen LogP contribution is -2.47. The first-order valence-corrected chi connectivity index (χ1v) is 10.2. The number of aliphatic hydroxyl groups is 1. The number of hydrogen-bond acceptors (Lipinski definition) is 5. The van der Waals surface area contributed by atoms with Crippen molar-refractivity contribution in [2.45, 2.75) is 25.5 Å². The van der Waals surface area contributed by atoms with Crippen LogP contribution in [0, 0.1) is 5.92 Å². The first-order chi connectivity index (χ1) is 13.2. The van der Waals surface area contributed by atoms with Crippen LogP contribution < -0.4 is 10.5 Å². The summed E-state index contributed by atoms with van der Waals surface area (Å²) in [5.74, 6) is 0.786. The summed E-state index contributed by atoms with van der Waals surface area (Å²) in [4.78, 5) is 19.7. The standard InChI is InChI=1S/C21H21N3O2S/c25-12-18-13-27-21(22-18)23-9-14-6-17(11-23)19-7-16(8-20(26)24(19)10-14)15-4-2-1-3-5-15/h1-5,7-8,13-14,17,25H,6,9-12H2/t14-,17+/m0/s1. The van der Waals surface area contributed by atoms with Crippen molar-refractivity contribution in [2.24, 2.45) is 5.92 Å². The van der Waals surface area contributed by atoms with E-state index >= 15 is 0 Å². The molecule has 4 heterocycles. The predicted octanol–water partition coefficient (Wildman–Crippen LogP) is 3.09. The van der Waals surface area contributed by atoms with Crippen molar-refractivity contribution in [3.63, 3.8) is 0 Å². The lowest BCUT2D eigenvalue weighted by molar-refractivity contribution is 0.275. The summed E-state index contributed by atoms with van der Waals surface area (Å²) >= 11 is 1.59. The zero-order valence-electron chi connectivity index (χ0n) is 14.9. The highest BCUT2D eigenvalue weighted by molar-refractivity contribution is 7.13. The van der Waals surface area contributed by atoms with Crippen molar-refractivity contribution in [2.75, 3.05) is 18.0 Å². The van der Waals surface area contributed by atoms with Crippen LogP contribution in [0.4, 0.5) is 5.13 Å². The van der Waals surface area contributed by atoms with Gasteiger partial charge < -0.3 is 14.6 Å². The second-order valence-corrected chi connectivity index (χ2v) is 8.30. The summed E-state index contributed by atoms with van der Waals surface area (Å²) in [5.41, 5.74) is 4.06. The minimum Gasteiger partial charge on any atom is -0.390 e. The van der Waals surface area contributed by atoms with Crippen molar-refractivity contribution in [3.05, 3.63) is 69.6 Å². The summed E-state index contributed by atoms with van der Waals surface area (Å²) in [5, 5.41) is 12.2. The molecule has 27 heavy (non-hydrogen) atoms. The average Bonchev–Trinajstić information content (AvgIpc) is 3.18. The summed E-state index contributed by atoms with van der Waals surface area (Å²) in [7, 11) is 0. The minimum absolute atomic E-state index is 0.0180. The topological polar surface area (TPSA) is 58.4 Å². The highest BCUT2D eigenvalue weighted by Gasteiger charge is 2.35. The fourth-order valence-corrected chi connectivity index (χ4v) is 5.26. The van der Waals surface area contributed by atoms with Gasteiger partial charge >= 0.3 is 0 Å². The molecule has 0 amide bonds. The first-order valence-electron chi connectivity index (χ1n) is 9.31. The molecule has 5 nitrogen and oxygen atoms in total. The zero-order valence-corrected chi connectivity index (χ0v) is 15.7. The number of piperidine rings is 1. The van der Waals surface area contributed by atoms with E-state index in [0.29, 0.717) is 11.8 Å². The molecule has 1 aromatic carbocycles. The molecule has 5 rings (SSSR count). The van der Waals surface area contributed by atoms with Gasteiger partial charge in [-0.15, -0.1) is 11.3 Å². The summed E-state index contributed by atoms with van der Waals surface area (Å²) in [6, 6.07) is 14.1. The monoisotopic (exact) mass is 379 g/mol. The molecule has 0 unspecified atom stereocenters. The Balaban J connectivity index is 1.51. The third kappa shape index (κ3) is 2.99. The van der Waals surface area contributed by atoms with Crippen molar-refractivity contribution in [1.29, 1.82) is 0 Å². The molecule has 3 aromatic rings. The molecule has 0 aliphatic carbocycles. The molecule has 1 saturated heterocycles. The summed E-state index contributed by atoms with van der Waals surface area (Å²) in [6.45, 7) is 2.54. The predicted molar refractivity (Wildman–Crippen MR) is 107 cm³/mol. The largest absolute Gasteiger partial charge is 0.390 e. The third-order valence-corrected chi connectivity index (χ3v) is 6.59. The molecular weight excluding hydrogens is 358 g/mol. The van der Waals surface area contributed by atoms with Crippen molar-refractivity contribution in [1.82, 2.24) is 9.55 Å². The number of hydrogen-bond donors (Lipinski definition) is 1. The molecule has 2 bridgehead atoms. The Morgan fingerprint density at radius 3 is 2.74 bits per heavy atom. The Bertz CT molecular complexity index is 1030. The van der Waals surface area contributed by atoms with E-state index < -0.39 is 0 Å². The number of fused-ring (bicyclic) bond motifs is 4. The smallest absolute Gasteiger partial charge is 0.251 e. The Labute approximate surface area is 161 Å². The van der Waals surface area contributed by atoms with Gasteiger partial charge in [0.15, 0.2) is 5.13 Å². The van der Waals surface area contributed by atoms with Crippen LogP contribution in [0.15, 0.2) is 52.6 Å². The van der Waals surface area contributed by atoms with E-state index in [0.717, 1.165) is 53.7 Å². The van der Waals surface area contributed by atoms with E-state index in [1.807, 2.05) is 28.1 Å². The number of benzene rings is 1. The molecule has 2 aromatic heterocycles. The van der Waals surface area contributed by atoms with Gasteiger partial charge in [-0.25, -0.2) is 4.98 Å². The molecule has 2 aliphatic rings. The number of anilines is 1. The molecule has 6 heteroatoms. The lowest BCUT2D eigenvalue weighted by atomic mass is 9.82. The third-order valence-electron chi connectivity index (χ3n) is 5.64.